The maximum absolute atomic E-state index is 13.4. The predicted molar refractivity (Wildman–Crippen MR) is 132 cm³/mol. The summed E-state index contributed by atoms with van der Waals surface area (Å²) in [7, 11) is 1.55. The van der Waals surface area contributed by atoms with Crippen LogP contribution in [0.3, 0.4) is 0 Å². The Hall–Kier alpha value is -3.37. The highest BCUT2D eigenvalue weighted by Crippen LogP contribution is 2.32. The Balaban J connectivity index is 1.47. The van der Waals surface area contributed by atoms with Crippen LogP contribution in [0.2, 0.25) is 0 Å². The molecule has 0 bridgehead atoms. The molecule has 2 aromatic rings. The normalized spacial score (nSPS) is 18.0. The Morgan fingerprint density at radius 2 is 1.94 bits per heavy atom. The number of aliphatic hydroxyl groups is 2. The van der Waals surface area contributed by atoms with E-state index in [1.165, 1.54) is 17.2 Å². The molecule has 1 fully saturated rings. The molecule has 1 saturated carbocycles. The van der Waals surface area contributed by atoms with Gasteiger partial charge in [0.15, 0.2) is 17.3 Å². The highest BCUT2D eigenvalue weighted by atomic mass is 16.5. The number of benzene rings is 1. The summed E-state index contributed by atoms with van der Waals surface area (Å²) in [6, 6.07) is 8.16. The molecule has 3 N–H and O–H groups in total. The van der Waals surface area contributed by atoms with Crippen LogP contribution in [0.4, 0.5) is 5.82 Å². The molecule has 1 aromatic heterocycles. The van der Waals surface area contributed by atoms with E-state index in [2.05, 4.69) is 10.4 Å². The van der Waals surface area contributed by atoms with Gasteiger partial charge in [0.1, 0.15) is 11.8 Å². The molecule has 10 nitrogen and oxygen atoms in total. The van der Waals surface area contributed by atoms with Crippen molar-refractivity contribution in [3.8, 4) is 11.5 Å². The van der Waals surface area contributed by atoms with Gasteiger partial charge in [0, 0.05) is 18.3 Å². The molecule has 10 heteroatoms. The summed E-state index contributed by atoms with van der Waals surface area (Å²) in [4.78, 5) is 28.0. The van der Waals surface area contributed by atoms with Gasteiger partial charge in [-0.3, -0.25) is 14.3 Å². The molecule has 194 valence electrons. The van der Waals surface area contributed by atoms with Gasteiger partial charge in [0.2, 0.25) is 5.91 Å². The first-order valence-electron chi connectivity index (χ1n) is 12.4. The van der Waals surface area contributed by atoms with Crippen molar-refractivity contribution in [1.29, 1.82) is 0 Å². The second-order valence-corrected chi connectivity index (χ2v) is 9.33. The first-order valence-corrected chi connectivity index (χ1v) is 12.4. The average molecular weight is 499 g/mol. The van der Waals surface area contributed by atoms with Crippen molar-refractivity contribution in [2.24, 2.45) is 5.92 Å². The van der Waals surface area contributed by atoms with Gasteiger partial charge in [-0.1, -0.05) is 44.2 Å². The number of aromatic nitrogens is 2. The van der Waals surface area contributed by atoms with Crippen molar-refractivity contribution in [1.82, 2.24) is 14.7 Å². The Morgan fingerprint density at radius 3 is 2.67 bits per heavy atom. The van der Waals surface area contributed by atoms with Gasteiger partial charge in [-0.2, -0.15) is 5.10 Å². The van der Waals surface area contributed by atoms with Crippen LogP contribution >= 0.6 is 0 Å². The zero-order valence-electron chi connectivity index (χ0n) is 20.5. The Morgan fingerprint density at radius 1 is 1.19 bits per heavy atom. The van der Waals surface area contributed by atoms with E-state index in [1.54, 1.807) is 36.4 Å². The molecular formula is C26H34N4O6. The molecule has 2 atom stereocenters. The molecule has 36 heavy (non-hydrogen) atoms. The van der Waals surface area contributed by atoms with Gasteiger partial charge in [0.25, 0.3) is 5.91 Å². The van der Waals surface area contributed by atoms with Crippen LogP contribution in [0.1, 0.15) is 38.5 Å². The van der Waals surface area contributed by atoms with E-state index in [9.17, 15) is 14.7 Å². The van der Waals surface area contributed by atoms with Gasteiger partial charge in [-0.25, -0.2) is 0 Å². The van der Waals surface area contributed by atoms with Gasteiger partial charge >= 0.3 is 0 Å². The van der Waals surface area contributed by atoms with Crippen molar-refractivity contribution >= 4 is 17.6 Å². The first kappa shape index (κ1) is 25.7. The standard InChI is InChI=1S/C26H34N4O6/c1-35-22-9-5-6-10-23(22)36-20-14-25(33)30(16-20)21(13-18-7-3-2-4-8-18)26(34)27-24-11-12-29(28-24)15-19(32)17-31/h5-6,9-12,14,18-19,21,31-32H,2-4,7-8,13,15-17H2,1H3,(H,27,28,34)/t19-,21-/m0/s1. The fourth-order valence-electron chi connectivity index (χ4n) is 4.81. The van der Waals surface area contributed by atoms with Crippen molar-refractivity contribution in [3.63, 3.8) is 0 Å². The Labute approximate surface area is 210 Å². The summed E-state index contributed by atoms with van der Waals surface area (Å²) in [5.74, 6) is 1.62. The van der Waals surface area contributed by atoms with Gasteiger partial charge < -0.3 is 29.9 Å². The summed E-state index contributed by atoms with van der Waals surface area (Å²) in [6.07, 6.45) is 8.21. The number of nitrogens with one attached hydrogen (secondary N) is 1. The molecule has 2 amide bonds. The minimum absolute atomic E-state index is 0.107. The Kier molecular flexibility index (Phi) is 8.61. The highest BCUT2D eigenvalue weighted by molar-refractivity contribution is 5.99. The molecule has 2 heterocycles. The maximum atomic E-state index is 13.4. The number of rotatable bonds is 11. The molecule has 1 aliphatic carbocycles. The lowest BCUT2D eigenvalue weighted by Crippen LogP contribution is -2.46. The Bertz CT molecular complexity index is 1080. The molecule has 0 unspecified atom stereocenters. The minimum Gasteiger partial charge on any atom is -0.493 e. The van der Waals surface area contributed by atoms with E-state index in [1.807, 2.05) is 12.1 Å². The highest BCUT2D eigenvalue weighted by Gasteiger charge is 2.36. The summed E-state index contributed by atoms with van der Waals surface area (Å²) in [6.45, 7) is -0.0940. The number of amides is 2. The molecular weight excluding hydrogens is 464 g/mol. The number of hydrogen-bond donors (Lipinski definition) is 3. The number of carbonyl (C=O) groups is 2. The van der Waals surface area contributed by atoms with Crippen molar-refractivity contribution in [2.75, 3.05) is 25.6 Å². The third kappa shape index (κ3) is 6.44. The van der Waals surface area contributed by atoms with Gasteiger partial charge in [-0.05, 0) is 24.5 Å². The maximum Gasteiger partial charge on any atom is 0.251 e. The number of methoxy groups -OCH3 is 1. The van der Waals surface area contributed by atoms with Crippen molar-refractivity contribution in [2.45, 2.75) is 57.2 Å². The smallest absolute Gasteiger partial charge is 0.251 e. The number of para-hydroxylation sites is 2. The number of ether oxygens (including phenoxy) is 2. The largest absolute Gasteiger partial charge is 0.493 e. The topological polar surface area (TPSA) is 126 Å². The molecule has 0 radical (unpaired) electrons. The van der Waals surface area contributed by atoms with Crippen LogP contribution in [-0.2, 0) is 16.1 Å². The van der Waals surface area contributed by atoms with Crippen LogP contribution in [0.5, 0.6) is 11.5 Å². The minimum atomic E-state index is -0.942. The van der Waals surface area contributed by atoms with E-state index in [0.29, 0.717) is 35.4 Å². The number of hydrogen-bond acceptors (Lipinski definition) is 7. The third-order valence-corrected chi connectivity index (χ3v) is 6.66. The van der Waals surface area contributed by atoms with Crippen LogP contribution in [0, 0.1) is 5.92 Å². The van der Waals surface area contributed by atoms with E-state index in [-0.39, 0.29) is 31.5 Å². The number of anilines is 1. The van der Waals surface area contributed by atoms with Crippen LogP contribution in [0.15, 0.2) is 48.4 Å². The predicted octanol–water partition coefficient (Wildman–Crippen LogP) is 2.33. The van der Waals surface area contributed by atoms with Gasteiger partial charge in [-0.15, -0.1) is 0 Å². The molecule has 4 rings (SSSR count). The van der Waals surface area contributed by atoms with Crippen LogP contribution in [0.25, 0.3) is 0 Å². The fourth-order valence-corrected chi connectivity index (χ4v) is 4.81. The van der Waals surface area contributed by atoms with Crippen molar-refractivity contribution < 1.29 is 29.3 Å². The molecule has 1 aliphatic heterocycles. The van der Waals surface area contributed by atoms with Crippen molar-refractivity contribution in [3.05, 3.63) is 48.4 Å². The second kappa shape index (κ2) is 12.0. The monoisotopic (exact) mass is 498 g/mol. The van der Waals surface area contributed by atoms with E-state index >= 15 is 0 Å². The summed E-state index contributed by atoms with van der Waals surface area (Å²) >= 11 is 0. The van der Waals surface area contributed by atoms with E-state index < -0.39 is 12.1 Å². The summed E-state index contributed by atoms with van der Waals surface area (Å²) < 4.78 is 12.8. The average Bonchev–Trinajstić information content (AvgIpc) is 3.48. The molecule has 0 saturated heterocycles. The lowest BCUT2D eigenvalue weighted by atomic mass is 9.84. The number of carbonyl (C=O) groups excluding carboxylic acids is 2. The summed E-state index contributed by atoms with van der Waals surface area (Å²) in [5.41, 5.74) is 0. The van der Waals surface area contributed by atoms with E-state index in [4.69, 9.17) is 14.6 Å². The number of nitrogens with zero attached hydrogens (tertiary/aromatic N) is 3. The quantitative estimate of drug-likeness (QED) is 0.434. The van der Waals surface area contributed by atoms with Crippen LogP contribution in [-0.4, -0.2) is 69.1 Å². The second-order valence-electron chi connectivity index (χ2n) is 9.33. The zero-order chi connectivity index (χ0) is 25.5. The third-order valence-electron chi connectivity index (χ3n) is 6.66. The molecule has 1 aromatic carbocycles. The zero-order valence-corrected chi connectivity index (χ0v) is 20.5. The first-order chi connectivity index (χ1) is 17.5. The lowest BCUT2D eigenvalue weighted by molar-refractivity contribution is -0.134. The molecule has 0 spiro atoms. The van der Waals surface area contributed by atoms with Gasteiger partial charge in [0.05, 0.1) is 32.9 Å². The fraction of sp³-hybridized carbons (Fsp3) is 0.500. The lowest BCUT2D eigenvalue weighted by Gasteiger charge is -2.31. The number of aliphatic hydroxyl groups excluding tert-OH is 2. The van der Waals surface area contributed by atoms with E-state index in [0.717, 1.165) is 25.7 Å². The van der Waals surface area contributed by atoms with Crippen LogP contribution < -0.4 is 14.8 Å². The SMILES string of the molecule is COc1ccccc1OC1=CC(=O)N([C@@H](CC2CCCCC2)C(=O)Nc2ccn(C[C@H](O)CO)n2)C1. The summed E-state index contributed by atoms with van der Waals surface area (Å²) in [5, 5.41) is 25.8. The molecule has 2 aliphatic rings.